The maximum absolute atomic E-state index is 12.3. The second kappa shape index (κ2) is 7.77. The largest absolute Gasteiger partial charge is 0.512 e. The lowest BCUT2D eigenvalue weighted by atomic mass is 9.67. The van der Waals surface area contributed by atoms with E-state index in [-0.39, 0.29) is 22.4 Å². The number of ketones is 1. The number of hydrogen-bond donors (Lipinski definition) is 2. The van der Waals surface area contributed by atoms with Crippen LogP contribution < -0.4 is 0 Å². The Morgan fingerprint density at radius 3 is 2.09 bits per heavy atom. The summed E-state index contributed by atoms with van der Waals surface area (Å²) in [6, 6.07) is 11.7. The lowest BCUT2D eigenvalue weighted by molar-refractivity contribution is -0.114. The molecule has 0 amide bonds. The van der Waals surface area contributed by atoms with Crippen molar-refractivity contribution in [1.29, 1.82) is 0 Å². The van der Waals surface area contributed by atoms with Crippen LogP contribution >= 0.6 is 0 Å². The molecule has 2 aromatic carbocycles. The monoisotopic (exact) mass is 429 g/mol. The summed E-state index contributed by atoms with van der Waals surface area (Å²) in [4.78, 5) is 12.3. The molecule has 4 rings (SSSR count). The van der Waals surface area contributed by atoms with Gasteiger partial charge in [0.1, 0.15) is 11.5 Å². The average molecular weight is 430 g/mol. The molecule has 0 radical (unpaired) electrons. The Bertz CT molecular complexity index is 1180. The Kier molecular flexibility index (Phi) is 5.36. The number of aryl methyl sites for hydroxylation is 1. The molecule has 0 atom stereocenters. The molecular weight excluding hydrogens is 398 g/mol. The molecule has 2 aliphatic carbocycles. The van der Waals surface area contributed by atoms with Gasteiger partial charge >= 0.3 is 0 Å². The highest BCUT2D eigenvalue weighted by Gasteiger charge is 2.34. The zero-order chi connectivity index (χ0) is 23.3. The first-order valence-corrected chi connectivity index (χ1v) is 11.2. The van der Waals surface area contributed by atoms with Crippen molar-refractivity contribution in [3.63, 3.8) is 0 Å². The first kappa shape index (κ1) is 22.1. The number of aliphatic hydroxyl groups is 1. The maximum atomic E-state index is 12.3. The van der Waals surface area contributed by atoms with E-state index in [1.807, 2.05) is 31.2 Å². The van der Waals surface area contributed by atoms with Crippen molar-refractivity contribution in [2.24, 2.45) is 5.16 Å². The van der Waals surface area contributed by atoms with Gasteiger partial charge in [-0.05, 0) is 41.7 Å². The number of benzene rings is 2. The fourth-order valence-corrected chi connectivity index (χ4v) is 4.84. The van der Waals surface area contributed by atoms with Crippen molar-refractivity contribution in [3.05, 3.63) is 87.7 Å². The minimum Gasteiger partial charge on any atom is -0.512 e. The van der Waals surface area contributed by atoms with Gasteiger partial charge in [-0.2, -0.15) is 0 Å². The van der Waals surface area contributed by atoms with Crippen LogP contribution in [0.25, 0.3) is 5.57 Å². The minimum atomic E-state index is -0.122. The van der Waals surface area contributed by atoms with E-state index in [0.717, 1.165) is 16.7 Å². The molecule has 0 aromatic heterocycles. The lowest BCUT2D eigenvalue weighted by Gasteiger charge is -2.37. The number of hydrogen-bond acceptors (Lipinski definition) is 4. The topological polar surface area (TPSA) is 69.9 Å². The minimum absolute atomic E-state index is 0.0269. The van der Waals surface area contributed by atoms with Crippen molar-refractivity contribution in [2.75, 3.05) is 0 Å². The summed E-state index contributed by atoms with van der Waals surface area (Å²) in [6.45, 7) is 10.9. The average Bonchev–Trinajstić information content (AvgIpc) is 2.74. The summed E-state index contributed by atoms with van der Waals surface area (Å²) in [7, 11) is 0. The highest BCUT2D eigenvalue weighted by molar-refractivity contribution is 6.22. The fourth-order valence-electron chi connectivity index (χ4n) is 4.84. The van der Waals surface area contributed by atoms with Gasteiger partial charge < -0.3 is 10.3 Å². The number of Topliss-reactive ketones (excluding diaryl/α,β-unsaturated/α-hetero) is 1. The van der Waals surface area contributed by atoms with Gasteiger partial charge in [0, 0.05) is 34.8 Å². The highest BCUT2D eigenvalue weighted by Crippen LogP contribution is 2.42. The molecule has 0 unspecified atom stereocenters. The van der Waals surface area contributed by atoms with Crippen LogP contribution in [0.5, 0.6) is 0 Å². The van der Waals surface area contributed by atoms with E-state index in [2.05, 4.69) is 57.1 Å². The molecule has 0 heterocycles. The Hall–Kier alpha value is -3.14. The van der Waals surface area contributed by atoms with Crippen molar-refractivity contribution in [2.45, 2.75) is 64.7 Å². The smallest absolute Gasteiger partial charge is 0.166 e. The summed E-state index contributed by atoms with van der Waals surface area (Å²) in [6.07, 6.45) is 6.19. The highest BCUT2D eigenvalue weighted by atomic mass is 16.4. The zero-order valence-corrected chi connectivity index (χ0v) is 19.5. The second-order valence-corrected chi connectivity index (χ2v) is 10.1. The van der Waals surface area contributed by atoms with Gasteiger partial charge in [0.25, 0.3) is 0 Å². The molecule has 0 spiro atoms. The molecule has 2 N–H and O–H groups in total. The molecule has 0 saturated carbocycles. The third-order valence-electron chi connectivity index (χ3n) is 6.86. The standard InChI is InChI=1S/C28H31NO3/c1-17-15-21-22(28(4,5)14-13-27(21,2)3)16-20(17)26(29-32)19-11-9-18(10-12-19)25-23(30)7-6-8-24(25)31/h9-16,30,32H,6-8H2,1-5H3/b29-26+. The molecule has 2 aliphatic rings. The lowest BCUT2D eigenvalue weighted by Crippen LogP contribution is -2.29. The number of fused-ring (bicyclic) bond motifs is 1. The van der Waals surface area contributed by atoms with Crippen LogP contribution in [0.4, 0.5) is 0 Å². The summed E-state index contributed by atoms with van der Waals surface area (Å²) in [5.41, 5.74) is 6.62. The summed E-state index contributed by atoms with van der Waals surface area (Å²) < 4.78 is 0. The van der Waals surface area contributed by atoms with E-state index in [1.165, 1.54) is 11.1 Å². The van der Waals surface area contributed by atoms with Gasteiger partial charge in [-0.25, -0.2) is 0 Å². The quantitative estimate of drug-likeness (QED) is 0.258. The normalized spacial score (nSPS) is 19.8. The van der Waals surface area contributed by atoms with Gasteiger partial charge in [-0.15, -0.1) is 0 Å². The Balaban J connectivity index is 1.77. The number of oxime groups is 1. The molecule has 32 heavy (non-hydrogen) atoms. The zero-order valence-electron chi connectivity index (χ0n) is 19.5. The molecule has 0 fully saturated rings. The van der Waals surface area contributed by atoms with Crippen molar-refractivity contribution in [1.82, 2.24) is 0 Å². The predicted octanol–water partition coefficient (Wildman–Crippen LogP) is 6.37. The Labute approximate surface area is 190 Å². The van der Waals surface area contributed by atoms with Crippen LogP contribution in [-0.4, -0.2) is 21.8 Å². The number of carbonyl (C=O) groups excluding carboxylic acids is 1. The third-order valence-corrected chi connectivity index (χ3v) is 6.86. The molecule has 2 aromatic rings. The van der Waals surface area contributed by atoms with E-state index < -0.39 is 0 Å². The van der Waals surface area contributed by atoms with Gasteiger partial charge in [0.15, 0.2) is 5.78 Å². The SMILES string of the molecule is Cc1cc2c(cc1/C(=N/O)c1ccc(C3=C(O)CCCC3=O)cc1)C(C)(C)C=CC2(C)C. The van der Waals surface area contributed by atoms with E-state index >= 15 is 0 Å². The van der Waals surface area contributed by atoms with E-state index in [1.54, 1.807) is 0 Å². The van der Waals surface area contributed by atoms with Crippen LogP contribution in [-0.2, 0) is 15.6 Å². The van der Waals surface area contributed by atoms with Gasteiger partial charge in [-0.3, -0.25) is 4.79 Å². The number of nitrogens with zero attached hydrogens (tertiary/aromatic N) is 1. The number of aliphatic hydroxyl groups excluding tert-OH is 1. The van der Waals surface area contributed by atoms with Crippen LogP contribution in [0.2, 0.25) is 0 Å². The molecule has 0 aliphatic heterocycles. The Morgan fingerprint density at radius 2 is 1.53 bits per heavy atom. The molecule has 0 bridgehead atoms. The number of carbonyl (C=O) groups is 1. The molecule has 0 saturated heterocycles. The maximum Gasteiger partial charge on any atom is 0.166 e. The fraction of sp³-hybridized carbons (Fsp3) is 0.357. The number of rotatable bonds is 3. The van der Waals surface area contributed by atoms with Crippen LogP contribution in [0, 0.1) is 6.92 Å². The Morgan fingerprint density at radius 1 is 0.938 bits per heavy atom. The molecular formula is C28H31NO3. The van der Waals surface area contributed by atoms with Crippen LogP contribution in [0.3, 0.4) is 0 Å². The van der Waals surface area contributed by atoms with Gasteiger partial charge in [0.05, 0.1) is 5.57 Å². The van der Waals surface area contributed by atoms with Crippen LogP contribution in [0.15, 0.2) is 59.5 Å². The molecule has 4 heteroatoms. The van der Waals surface area contributed by atoms with Crippen molar-refractivity contribution < 1.29 is 15.1 Å². The second-order valence-electron chi connectivity index (χ2n) is 10.1. The molecule has 4 nitrogen and oxygen atoms in total. The summed E-state index contributed by atoms with van der Waals surface area (Å²) in [5, 5.41) is 23.9. The van der Waals surface area contributed by atoms with Crippen molar-refractivity contribution >= 4 is 17.1 Å². The van der Waals surface area contributed by atoms with Crippen molar-refractivity contribution in [3.8, 4) is 0 Å². The van der Waals surface area contributed by atoms with E-state index in [0.29, 0.717) is 36.1 Å². The van der Waals surface area contributed by atoms with E-state index in [4.69, 9.17) is 0 Å². The van der Waals surface area contributed by atoms with Gasteiger partial charge in [0.2, 0.25) is 0 Å². The predicted molar refractivity (Wildman–Crippen MR) is 129 cm³/mol. The first-order chi connectivity index (χ1) is 15.0. The van der Waals surface area contributed by atoms with E-state index in [9.17, 15) is 15.1 Å². The third kappa shape index (κ3) is 3.68. The van der Waals surface area contributed by atoms with Gasteiger partial charge in [-0.1, -0.05) is 75.3 Å². The van der Waals surface area contributed by atoms with Crippen LogP contribution in [0.1, 0.15) is 80.3 Å². The number of allylic oxidation sites excluding steroid dienone is 4. The summed E-state index contributed by atoms with van der Waals surface area (Å²) >= 11 is 0. The first-order valence-electron chi connectivity index (χ1n) is 11.2. The molecule has 166 valence electrons. The summed E-state index contributed by atoms with van der Waals surface area (Å²) in [5.74, 6) is 0.134.